The number of hydrogen-bond acceptors (Lipinski definition) is 2. The van der Waals surface area contributed by atoms with Gasteiger partial charge in [0.05, 0.1) is 19.5 Å². The SMILES string of the molecule is CC1CCCC([C@@]2(C(=O)O)[C@@](c3ccc(F)c(Br)c3)(C(C)C)N=C[C@]2(c2cc(Cl)c(Cl)c(Cl)c2)C(F)(F)F)C1. The van der Waals surface area contributed by atoms with Gasteiger partial charge in [-0.2, -0.15) is 13.2 Å². The summed E-state index contributed by atoms with van der Waals surface area (Å²) in [7, 11) is 0. The summed E-state index contributed by atoms with van der Waals surface area (Å²) in [5.41, 5.74) is -7.96. The van der Waals surface area contributed by atoms with E-state index in [0.29, 0.717) is 6.42 Å². The van der Waals surface area contributed by atoms with Crippen LogP contribution in [0.2, 0.25) is 15.1 Å². The second-order valence-corrected chi connectivity index (χ2v) is 13.0. The number of aliphatic imine (C=N–C) groups is 1. The Balaban J connectivity index is 2.25. The first-order valence-corrected chi connectivity index (χ1v) is 14.5. The molecule has 5 atom stereocenters. The Hall–Kier alpha value is -1.35. The number of carboxylic acids is 1. The minimum atomic E-state index is -5.15. The van der Waals surface area contributed by atoms with Crippen LogP contribution in [0.25, 0.3) is 0 Å². The number of benzene rings is 2. The van der Waals surface area contributed by atoms with Gasteiger partial charge in [0.2, 0.25) is 0 Å². The van der Waals surface area contributed by atoms with Gasteiger partial charge in [0.15, 0.2) is 0 Å². The molecule has 39 heavy (non-hydrogen) atoms. The maximum absolute atomic E-state index is 15.9. The summed E-state index contributed by atoms with van der Waals surface area (Å²) in [5.74, 6) is -4.00. The molecule has 2 aromatic carbocycles. The van der Waals surface area contributed by atoms with E-state index in [2.05, 4.69) is 20.9 Å². The Morgan fingerprint density at radius 3 is 2.21 bits per heavy atom. The van der Waals surface area contributed by atoms with Crippen LogP contribution < -0.4 is 0 Å². The highest BCUT2D eigenvalue weighted by Crippen LogP contribution is 2.71. The average molecular weight is 672 g/mol. The molecule has 2 aliphatic rings. The van der Waals surface area contributed by atoms with Crippen molar-refractivity contribution in [3.8, 4) is 0 Å². The summed E-state index contributed by atoms with van der Waals surface area (Å²) in [6.45, 7) is 5.20. The van der Waals surface area contributed by atoms with Crippen molar-refractivity contribution >= 4 is 62.9 Å². The second kappa shape index (κ2) is 10.5. The number of aliphatic carboxylic acids is 1. The highest BCUT2D eigenvalue weighted by atomic mass is 79.9. The van der Waals surface area contributed by atoms with Crippen molar-refractivity contribution in [2.24, 2.45) is 28.2 Å². The number of carbonyl (C=O) groups is 1. The molecule has 0 spiro atoms. The maximum atomic E-state index is 15.9. The molecule has 212 valence electrons. The summed E-state index contributed by atoms with van der Waals surface area (Å²) in [6, 6.07) is 5.85. The Kier molecular flexibility index (Phi) is 8.23. The topological polar surface area (TPSA) is 49.7 Å². The summed E-state index contributed by atoms with van der Waals surface area (Å²) in [6.07, 6.45) is -2.62. The molecule has 1 heterocycles. The van der Waals surface area contributed by atoms with Gasteiger partial charge in [-0.1, -0.05) is 74.5 Å². The van der Waals surface area contributed by atoms with Gasteiger partial charge in [0, 0.05) is 6.21 Å². The van der Waals surface area contributed by atoms with E-state index < -0.39 is 51.7 Å². The Bertz CT molecular complexity index is 1310. The molecule has 3 nitrogen and oxygen atoms in total. The van der Waals surface area contributed by atoms with Crippen LogP contribution in [0.5, 0.6) is 0 Å². The highest BCUT2D eigenvalue weighted by Gasteiger charge is 2.82. The largest absolute Gasteiger partial charge is 0.481 e. The number of hydrogen-bond donors (Lipinski definition) is 1. The Morgan fingerprint density at radius 2 is 1.72 bits per heavy atom. The smallest absolute Gasteiger partial charge is 0.404 e. The van der Waals surface area contributed by atoms with E-state index >= 15 is 13.2 Å². The molecule has 4 rings (SSSR count). The minimum absolute atomic E-state index is 0.00591. The standard InChI is InChI=1S/C28H27BrCl3F4NO2/c1-14(2)27(17-7-8-22(33)19(29)10-17)26(24(38)39,16-6-4-5-15(3)9-16)25(13-37-27,28(34,35)36)18-11-20(30)23(32)21(31)12-18/h7-8,10-16H,4-6,9H2,1-3H3,(H,38,39)/t15?,16?,25-,26+,27+/m1/s1. The Morgan fingerprint density at radius 1 is 1.10 bits per heavy atom. The summed E-state index contributed by atoms with van der Waals surface area (Å²) < 4.78 is 62.1. The van der Waals surface area contributed by atoms with Crippen LogP contribution in [0.4, 0.5) is 17.6 Å². The van der Waals surface area contributed by atoms with Crippen LogP contribution in [0.15, 0.2) is 39.8 Å². The summed E-state index contributed by atoms with van der Waals surface area (Å²) >= 11 is 21.8. The third-order valence-corrected chi connectivity index (χ3v) is 10.5. The molecular formula is C28H27BrCl3F4NO2. The summed E-state index contributed by atoms with van der Waals surface area (Å²) in [4.78, 5) is 18.5. The van der Waals surface area contributed by atoms with Gasteiger partial charge < -0.3 is 5.11 Å². The van der Waals surface area contributed by atoms with Crippen molar-refractivity contribution in [2.75, 3.05) is 0 Å². The zero-order valence-corrected chi connectivity index (χ0v) is 25.2. The molecule has 0 bridgehead atoms. The average Bonchev–Trinajstić information content (AvgIpc) is 3.19. The van der Waals surface area contributed by atoms with Crippen molar-refractivity contribution in [1.82, 2.24) is 0 Å². The van der Waals surface area contributed by atoms with Crippen LogP contribution in [-0.2, 0) is 15.7 Å². The number of carboxylic acid groups (broad SMARTS) is 1. The lowest BCUT2D eigenvalue weighted by molar-refractivity contribution is -0.232. The van der Waals surface area contributed by atoms with E-state index in [1.807, 2.05) is 6.92 Å². The van der Waals surface area contributed by atoms with Gasteiger partial charge in [0.1, 0.15) is 22.2 Å². The fraction of sp³-hybridized carbons (Fsp3) is 0.500. The fourth-order valence-corrected chi connectivity index (χ4v) is 8.16. The molecule has 1 fully saturated rings. The molecule has 0 amide bonds. The molecule has 1 saturated carbocycles. The molecule has 0 radical (unpaired) electrons. The van der Waals surface area contributed by atoms with Gasteiger partial charge in [-0.15, -0.1) is 0 Å². The molecule has 1 aliphatic carbocycles. The van der Waals surface area contributed by atoms with Crippen LogP contribution in [-0.4, -0.2) is 23.5 Å². The molecule has 0 saturated heterocycles. The van der Waals surface area contributed by atoms with E-state index in [9.17, 15) is 14.3 Å². The Labute approximate surface area is 248 Å². The molecule has 0 aromatic heterocycles. The minimum Gasteiger partial charge on any atom is -0.481 e. The number of alkyl halides is 3. The van der Waals surface area contributed by atoms with E-state index in [0.717, 1.165) is 30.8 Å². The van der Waals surface area contributed by atoms with Gasteiger partial charge in [-0.25, -0.2) is 4.39 Å². The lowest BCUT2D eigenvalue weighted by atomic mass is 9.43. The first kappa shape index (κ1) is 30.6. The lowest BCUT2D eigenvalue weighted by Crippen LogP contribution is -2.69. The van der Waals surface area contributed by atoms with E-state index in [-0.39, 0.29) is 43.9 Å². The second-order valence-electron chi connectivity index (χ2n) is 10.9. The van der Waals surface area contributed by atoms with E-state index in [1.165, 1.54) is 12.1 Å². The van der Waals surface area contributed by atoms with Gasteiger partial charge in [-0.3, -0.25) is 9.79 Å². The summed E-state index contributed by atoms with van der Waals surface area (Å²) in [5, 5.41) is 10.7. The molecule has 1 N–H and O–H groups in total. The van der Waals surface area contributed by atoms with Gasteiger partial charge >= 0.3 is 12.1 Å². The monoisotopic (exact) mass is 669 g/mol. The van der Waals surface area contributed by atoms with Crippen molar-refractivity contribution in [1.29, 1.82) is 0 Å². The van der Waals surface area contributed by atoms with Gasteiger partial charge in [0.25, 0.3) is 0 Å². The first-order valence-electron chi connectivity index (χ1n) is 12.5. The van der Waals surface area contributed by atoms with E-state index in [4.69, 9.17) is 34.8 Å². The third-order valence-electron chi connectivity index (χ3n) is 8.65. The highest BCUT2D eigenvalue weighted by molar-refractivity contribution is 9.10. The van der Waals surface area contributed by atoms with Gasteiger partial charge in [-0.05, 0) is 81.9 Å². The van der Waals surface area contributed by atoms with Crippen molar-refractivity contribution in [2.45, 2.75) is 63.6 Å². The predicted octanol–water partition coefficient (Wildman–Crippen LogP) is 9.88. The quantitative estimate of drug-likeness (QED) is 0.254. The van der Waals surface area contributed by atoms with E-state index in [1.54, 1.807) is 13.8 Å². The number of rotatable bonds is 5. The van der Waals surface area contributed by atoms with Crippen molar-refractivity contribution < 1.29 is 27.5 Å². The third kappa shape index (κ3) is 4.26. The molecule has 1 aliphatic heterocycles. The first-order chi connectivity index (χ1) is 18.1. The normalized spacial score (nSPS) is 31.2. The zero-order chi connectivity index (χ0) is 29.1. The fourth-order valence-electron chi connectivity index (χ4n) is 7.19. The van der Waals surface area contributed by atoms with Crippen LogP contribution in [0.3, 0.4) is 0 Å². The van der Waals surface area contributed by atoms with Crippen molar-refractivity contribution in [3.63, 3.8) is 0 Å². The number of halogens is 8. The molecule has 2 unspecified atom stereocenters. The van der Waals surface area contributed by atoms with Crippen molar-refractivity contribution in [3.05, 3.63) is 66.8 Å². The van der Waals surface area contributed by atoms with Crippen LogP contribution in [0.1, 0.15) is 57.6 Å². The van der Waals surface area contributed by atoms with Crippen LogP contribution >= 0.6 is 50.7 Å². The predicted molar refractivity (Wildman–Crippen MR) is 150 cm³/mol. The lowest BCUT2D eigenvalue weighted by Gasteiger charge is -2.57. The maximum Gasteiger partial charge on any atom is 0.404 e. The molecular weight excluding hydrogens is 645 g/mol. The molecule has 11 heteroatoms. The number of nitrogens with zero attached hydrogens (tertiary/aromatic N) is 1. The molecule has 2 aromatic rings. The zero-order valence-electron chi connectivity index (χ0n) is 21.4. The van der Waals surface area contributed by atoms with Crippen LogP contribution in [0, 0.1) is 29.0 Å².